The van der Waals surface area contributed by atoms with E-state index in [4.69, 9.17) is 10.8 Å². The second-order valence-electron chi connectivity index (χ2n) is 4.94. The smallest absolute Gasteiger partial charge is 0.256 e. The van der Waals surface area contributed by atoms with E-state index in [1.165, 1.54) is 0 Å². The molecule has 0 unspecified atom stereocenters. The van der Waals surface area contributed by atoms with Gasteiger partial charge in [0.2, 0.25) is 0 Å². The van der Waals surface area contributed by atoms with Crippen LogP contribution >= 0.6 is 15.9 Å². The lowest BCUT2D eigenvalue weighted by Crippen LogP contribution is -2.36. The van der Waals surface area contributed by atoms with Gasteiger partial charge in [-0.3, -0.25) is 9.69 Å². The Balaban J connectivity index is 2.07. The summed E-state index contributed by atoms with van der Waals surface area (Å²) in [5, 5.41) is 8.99. The zero-order chi connectivity index (χ0) is 14.5. The molecule has 6 heteroatoms. The summed E-state index contributed by atoms with van der Waals surface area (Å²) in [7, 11) is 0. The van der Waals surface area contributed by atoms with Crippen LogP contribution in [0.3, 0.4) is 0 Å². The fourth-order valence-electron chi connectivity index (χ4n) is 2.42. The molecule has 0 saturated carbocycles. The third-order valence-corrected chi connectivity index (χ3v) is 4.03. The van der Waals surface area contributed by atoms with Crippen LogP contribution in [0.15, 0.2) is 22.7 Å². The fourth-order valence-corrected chi connectivity index (χ4v) is 2.78. The normalized spacial score (nSPS) is 17.0. The number of hydrogen-bond donors (Lipinski definition) is 2. The van der Waals surface area contributed by atoms with Gasteiger partial charge in [0.25, 0.3) is 5.91 Å². The number of aliphatic hydroxyl groups excluding tert-OH is 1. The molecule has 2 rings (SSSR count). The molecule has 1 fully saturated rings. The minimum Gasteiger partial charge on any atom is -0.398 e. The summed E-state index contributed by atoms with van der Waals surface area (Å²) in [6, 6.07) is 5.35. The van der Waals surface area contributed by atoms with Crippen molar-refractivity contribution in [1.29, 1.82) is 0 Å². The van der Waals surface area contributed by atoms with Gasteiger partial charge >= 0.3 is 0 Å². The first-order chi connectivity index (χ1) is 9.61. The van der Waals surface area contributed by atoms with E-state index >= 15 is 0 Å². The number of anilines is 1. The Morgan fingerprint density at radius 2 is 2.10 bits per heavy atom. The van der Waals surface area contributed by atoms with Crippen molar-refractivity contribution in [3.63, 3.8) is 0 Å². The van der Waals surface area contributed by atoms with Crippen LogP contribution in [0.4, 0.5) is 5.69 Å². The summed E-state index contributed by atoms with van der Waals surface area (Å²) in [5.41, 5.74) is 6.96. The third kappa shape index (κ3) is 3.71. The van der Waals surface area contributed by atoms with E-state index in [2.05, 4.69) is 20.8 Å². The van der Waals surface area contributed by atoms with Gasteiger partial charge in [0.1, 0.15) is 0 Å². The van der Waals surface area contributed by atoms with Crippen molar-refractivity contribution in [3.8, 4) is 0 Å². The maximum Gasteiger partial charge on any atom is 0.256 e. The molecular weight excluding hydrogens is 322 g/mol. The van der Waals surface area contributed by atoms with Gasteiger partial charge in [-0.25, -0.2) is 0 Å². The molecule has 1 aliphatic heterocycles. The van der Waals surface area contributed by atoms with E-state index in [-0.39, 0.29) is 12.5 Å². The topological polar surface area (TPSA) is 69.8 Å². The number of β-amino-alcohol motifs (C(OH)–C–C–N with tert-alkyl or cyclic N) is 1. The van der Waals surface area contributed by atoms with Crippen molar-refractivity contribution >= 4 is 27.5 Å². The molecule has 1 heterocycles. The number of aliphatic hydroxyl groups is 1. The first kappa shape index (κ1) is 15.3. The highest BCUT2D eigenvalue weighted by Crippen LogP contribution is 2.20. The molecule has 20 heavy (non-hydrogen) atoms. The van der Waals surface area contributed by atoms with Gasteiger partial charge in [-0.05, 0) is 31.2 Å². The zero-order valence-corrected chi connectivity index (χ0v) is 13.0. The van der Waals surface area contributed by atoms with Crippen molar-refractivity contribution in [2.45, 2.75) is 6.42 Å². The number of nitrogen functional groups attached to an aromatic ring is 1. The molecule has 0 aromatic heterocycles. The number of carbonyl (C=O) groups is 1. The largest absolute Gasteiger partial charge is 0.398 e. The summed E-state index contributed by atoms with van der Waals surface area (Å²) in [5.74, 6) is -0.0188. The molecule has 0 bridgehead atoms. The number of rotatable bonds is 3. The van der Waals surface area contributed by atoms with E-state index in [0.717, 1.165) is 30.5 Å². The van der Waals surface area contributed by atoms with Gasteiger partial charge in [-0.15, -0.1) is 0 Å². The molecule has 110 valence electrons. The molecule has 3 N–H and O–H groups in total. The van der Waals surface area contributed by atoms with Crippen molar-refractivity contribution < 1.29 is 9.90 Å². The fraction of sp³-hybridized carbons (Fsp3) is 0.500. The highest BCUT2D eigenvalue weighted by Gasteiger charge is 2.21. The molecule has 5 nitrogen and oxygen atoms in total. The van der Waals surface area contributed by atoms with E-state index in [1.54, 1.807) is 12.1 Å². The summed E-state index contributed by atoms with van der Waals surface area (Å²) >= 11 is 3.37. The first-order valence-electron chi connectivity index (χ1n) is 6.79. The van der Waals surface area contributed by atoms with Gasteiger partial charge in [-0.2, -0.15) is 0 Å². The Hall–Kier alpha value is -1.11. The van der Waals surface area contributed by atoms with E-state index in [0.29, 0.717) is 24.3 Å². The Kier molecular flexibility index (Phi) is 5.39. The van der Waals surface area contributed by atoms with Crippen LogP contribution in [0.1, 0.15) is 16.8 Å². The summed E-state index contributed by atoms with van der Waals surface area (Å²) in [6.45, 7) is 3.93. The van der Waals surface area contributed by atoms with Crippen LogP contribution in [0.25, 0.3) is 0 Å². The lowest BCUT2D eigenvalue weighted by Gasteiger charge is -2.22. The van der Waals surface area contributed by atoms with Crippen LogP contribution in [0.2, 0.25) is 0 Å². The Morgan fingerprint density at radius 3 is 2.85 bits per heavy atom. The Bertz CT molecular complexity index is 481. The Labute approximate surface area is 127 Å². The summed E-state index contributed by atoms with van der Waals surface area (Å²) in [4.78, 5) is 16.6. The molecule has 0 spiro atoms. The molecule has 0 aliphatic carbocycles. The van der Waals surface area contributed by atoms with Gasteiger partial charge in [0.05, 0.1) is 12.2 Å². The van der Waals surface area contributed by atoms with Crippen LogP contribution in [0, 0.1) is 0 Å². The molecule has 1 amide bonds. The maximum atomic E-state index is 12.5. The number of nitrogens with zero attached hydrogens (tertiary/aromatic N) is 2. The predicted octanol–water partition coefficient (Wildman–Crippen LogP) is 1.17. The molecule has 0 atom stereocenters. The summed E-state index contributed by atoms with van der Waals surface area (Å²) < 4.78 is 0.853. The van der Waals surface area contributed by atoms with Crippen molar-refractivity contribution in [3.05, 3.63) is 28.2 Å². The van der Waals surface area contributed by atoms with E-state index in [1.807, 2.05) is 11.0 Å². The number of amides is 1. The van der Waals surface area contributed by atoms with Crippen molar-refractivity contribution in [1.82, 2.24) is 9.80 Å². The maximum absolute atomic E-state index is 12.5. The quantitative estimate of drug-likeness (QED) is 0.809. The number of halogens is 1. The average molecular weight is 342 g/mol. The van der Waals surface area contributed by atoms with Crippen LogP contribution in [-0.2, 0) is 0 Å². The van der Waals surface area contributed by atoms with Gasteiger partial charge < -0.3 is 15.7 Å². The van der Waals surface area contributed by atoms with Gasteiger partial charge in [0, 0.05) is 36.3 Å². The molecular formula is C14H20BrN3O2. The molecule has 1 aliphatic rings. The predicted molar refractivity (Wildman–Crippen MR) is 82.6 cm³/mol. The highest BCUT2D eigenvalue weighted by atomic mass is 79.9. The summed E-state index contributed by atoms with van der Waals surface area (Å²) in [6.07, 6.45) is 0.916. The minimum atomic E-state index is -0.0188. The second-order valence-corrected chi connectivity index (χ2v) is 5.86. The zero-order valence-electron chi connectivity index (χ0n) is 11.4. The number of benzene rings is 1. The SMILES string of the molecule is Nc1ccc(Br)cc1C(=O)N1CCCN(CCO)CC1. The molecule has 0 radical (unpaired) electrons. The van der Waals surface area contributed by atoms with Crippen molar-refractivity contribution in [2.75, 3.05) is 45.1 Å². The first-order valence-corrected chi connectivity index (χ1v) is 7.58. The minimum absolute atomic E-state index is 0.0188. The van der Waals surface area contributed by atoms with Gasteiger partial charge in [0.15, 0.2) is 0 Å². The second kappa shape index (κ2) is 7.06. The monoisotopic (exact) mass is 341 g/mol. The lowest BCUT2D eigenvalue weighted by atomic mass is 10.1. The van der Waals surface area contributed by atoms with Crippen LogP contribution in [-0.4, -0.2) is 60.1 Å². The lowest BCUT2D eigenvalue weighted by molar-refractivity contribution is 0.0761. The number of hydrogen-bond acceptors (Lipinski definition) is 4. The van der Waals surface area contributed by atoms with Crippen molar-refractivity contribution in [2.24, 2.45) is 0 Å². The molecule has 1 saturated heterocycles. The van der Waals surface area contributed by atoms with Crippen LogP contribution < -0.4 is 5.73 Å². The third-order valence-electron chi connectivity index (χ3n) is 3.54. The standard InChI is InChI=1S/C14H20BrN3O2/c15-11-2-3-13(16)12(10-11)14(20)18-5-1-4-17(6-7-18)8-9-19/h2-3,10,19H,1,4-9,16H2. The number of carbonyl (C=O) groups excluding carboxylic acids is 1. The number of nitrogens with two attached hydrogens (primary N) is 1. The van der Waals surface area contributed by atoms with Crippen LogP contribution in [0.5, 0.6) is 0 Å². The van der Waals surface area contributed by atoms with E-state index in [9.17, 15) is 4.79 Å². The highest BCUT2D eigenvalue weighted by molar-refractivity contribution is 9.10. The van der Waals surface area contributed by atoms with Gasteiger partial charge in [-0.1, -0.05) is 15.9 Å². The molecule has 1 aromatic carbocycles. The Morgan fingerprint density at radius 1 is 1.30 bits per heavy atom. The average Bonchev–Trinajstić information content (AvgIpc) is 2.67. The van der Waals surface area contributed by atoms with E-state index < -0.39 is 0 Å². The molecule has 1 aromatic rings.